The number of piperidine rings is 1. The molecule has 1 aromatic heterocycles. The average molecular weight is 317 g/mol. The third kappa shape index (κ3) is 3.66. The van der Waals surface area contributed by atoms with Crippen molar-refractivity contribution in [1.29, 1.82) is 0 Å². The number of rotatable bonds is 5. The molecule has 1 saturated carbocycles. The highest BCUT2D eigenvalue weighted by molar-refractivity contribution is 5.38. The van der Waals surface area contributed by atoms with Crippen molar-refractivity contribution < 1.29 is 9.47 Å². The van der Waals surface area contributed by atoms with E-state index < -0.39 is 0 Å². The van der Waals surface area contributed by atoms with Gasteiger partial charge >= 0.3 is 0 Å². The Labute approximate surface area is 138 Å². The molecule has 1 aromatic rings. The molecule has 1 aliphatic carbocycles. The van der Waals surface area contributed by atoms with Crippen LogP contribution in [0.1, 0.15) is 37.8 Å². The lowest BCUT2D eigenvalue weighted by atomic mass is 9.76. The number of nitrogens with zero attached hydrogens (tertiary/aromatic N) is 3. The van der Waals surface area contributed by atoms with Gasteiger partial charge in [-0.05, 0) is 62.5 Å². The molecule has 5 nitrogen and oxygen atoms in total. The Balaban J connectivity index is 1.26. The summed E-state index contributed by atoms with van der Waals surface area (Å²) in [5, 5.41) is 8.49. The first-order valence-electron chi connectivity index (χ1n) is 8.97. The zero-order chi connectivity index (χ0) is 15.7. The van der Waals surface area contributed by atoms with Crippen LogP contribution < -0.4 is 4.90 Å². The van der Waals surface area contributed by atoms with E-state index in [0.29, 0.717) is 11.5 Å². The number of hydrogen-bond acceptors (Lipinski definition) is 5. The molecule has 5 heteroatoms. The van der Waals surface area contributed by atoms with Crippen molar-refractivity contribution in [2.45, 2.75) is 45.1 Å². The van der Waals surface area contributed by atoms with Gasteiger partial charge in [-0.15, -0.1) is 5.10 Å². The van der Waals surface area contributed by atoms with E-state index >= 15 is 0 Å². The zero-order valence-electron chi connectivity index (χ0n) is 14.0. The highest BCUT2D eigenvalue weighted by Gasteiger charge is 2.42. The van der Waals surface area contributed by atoms with Crippen molar-refractivity contribution >= 4 is 5.82 Å². The lowest BCUT2D eigenvalue weighted by Crippen LogP contribution is -2.41. The number of ether oxygens (including phenoxy) is 2. The van der Waals surface area contributed by atoms with Gasteiger partial charge in [-0.25, -0.2) is 0 Å². The molecule has 0 aromatic carbocycles. The van der Waals surface area contributed by atoms with Gasteiger partial charge in [0.15, 0.2) is 5.82 Å². The first kappa shape index (κ1) is 15.3. The van der Waals surface area contributed by atoms with E-state index in [2.05, 4.69) is 21.2 Å². The van der Waals surface area contributed by atoms with Crippen LogP contribution in [0.2, 0.25) is 0 Å². The summed E-state index contributed by atoms with van der Waals surface area (Å²) in [6.45, 7) is 6.70. The summed E-state index contributed by atoms with van der Waals surface area (Å²) < 4.78 is 11.9. The molecular weight excluding hydrogens is 290 g/mol. The fourth-order valence-electron chi connectivity index (χ4n) is 3.77. The van der Waals surface area contributed by atoms with Gasteiger partial charge in [-0.2, -0.15) is 5.10 Å². The maximum absolute atomic E-state index is 6.03. The summed E-state index contributed by atoms with van der Waals surface area (Å²) >= 11 is 0. The molecule has 3 heterocycles. The molecule has 0 N–H and O–H groups in total. The highest BCUT2D eigenvalue weighted by atomic mass is 16.5. The molecule has 1 unspecified atom stereocenters. The molecule has 1 atom stereocenters. The quantitative estimate of drug-likeness (QED) is 0.835. The molecule has 0 bridgehead atoms. The van der Waals surface area contributed by atoms with E-state index in [1.54, 1.807) is 0 Å². The molecule has 0 amide bonds. The Morgan fingerprint density at radius 3 is 2.74 bits per heavy atom. The number of hydrogen-bond donors (Lipinski definition) is 0. The molecule has 2 aliphatic heterocycles. The Hall–Kier alpha value is -1.20. The van der Waals surface area contributed by atoms with Crippen molar-refractivity contribution in [2.24, 2.45) is 11.3 Å². The largest absolute Gasteiger partial charge is 0.378 e. The fourth-order valence-corrected chi connectivity index (χ4v) is 3.77. The van der Waals surface area contributed by atoms with E-state index in [9.17, 15) is 0 Å². The van der Waals surface area contributed by atoms with E-state index in [1.165, 1.54) is 25.7 Å². The maximum atomic E-state index is 6.03. The third-order valence-corrected chi connectivity index (χ3v) is 5.57. The summed E-state index contributed by atoms with van der Waals surface area (Å²) in [7, 11) is 0. The second kappa shape index (κ2) is 6.36. The first-order valence-corrected chi connectivity index (χ1v) is 8.97. The van der Waals surface area contributed by atoms with Gasteiger partial charge in [-0.3, -0.25) is 0 Å². The van der Waals surface area contributed by atoms with Crippen LogP contribution in [0.4, 0.5) is 5.82 Å². The molecular formula is C18H27N3O2. The standard InChI is InChI=1S/C18H27N3O2/c1-14-2-5-17(20-19-14)21-8-6-18(7-9-21)10-16(23-13-18)12-22-11-15-3-4-15/h2,5,15-16H,3-4,6-13H2,1H3. The van der Waals surface area contributed by atoms with Crippen LogP contribution in [-0.4, -0.2) is 49.2 Å². The number of aromatic nitrogens is 2. The van der Waals surface area contributed by atoms with Crippen molar-refractivity contribution in [3.8, 4) is 0 Å². The first-order chi connectivity index (χ1) is 11.2. The molecule has 3 fully saturated rings. The van der Waals surface area contributed by atoms with E-state index in [-0.39, 0.29) is 0 Å². The monoisotopic (exact) mass is 317 g/mol. The second-order valence-electron chi connectivity index (χ2n) is 7.64. The van der Waals surface area contributed by atoms with Gasteiger partial charge in [0.2, 0.25) is 0 Å². The van der Waals surface area contributed by atoms with Crippen LogP contribution in [0, 0.1) is 18.3 Å². The molecule has 2 saturated heterocycles. The van der Waals surface area contributed by atoms with Crippen molar-refractivity contribution in [3.05, 3.63) is 17.8 Å². The number of anilines is 1. The second-order valence-corrected chi connectivity index (χ2v) is 7.64. The topological polar surface area (TPSA) is 47.5 Å². The van der Waals surface area contributed by atoms with Crippen molar-refractivity contribution in [2.75, 3.05) is 37.8 Å². The van der Waals surface area contributed by atoms with E-state index in [1.807, 2.05) is 13.0 Å². The fraction of sp³-hybridized carbons (Fsp3) is 0.778. The Morgan fingerprint density at radius 1 is 1.22 bits per heavy atom. The van der Waals surface area contributed by atoms with Gasteiger partial charge in [-0.1, -0.05) is 0 Å². The zero-order valence-corrected chi connectivity index (χ0v) is 14.0. The lowest BCUT2D eigenvalue weighted by molar-refractivity contribution is 0.0110. The summed E-state index contributed by atoms with van der Waals surface area (Å²) in [6, 6.07) is 4.12. The van der Waals surface area contributed by atoms with Crippen molar-refractivity contribution in [3.63, 3.8) is 0 Å². The SMILES string of the molecule is Cc1ccc(N2CCC3(CC2)COC(COCC2CC2)C3)nn1. The van der Waals surface area contributed by atoms with Crippen LogP contribution in [0.25, 0.3) is 0 Å². The minimum atomic E-state index is 0.305. The normalized spacial score (nSPS) is 26.8. The molecule has 126 valence electrons. The van der Waals surface area contributed by atoms with Gasteiger partial charge in [0.1, 0.15) is 0 Å². The van der Waals surface area contributed by atoms with Gasteiger partial charge in [0.05, 0.1) is 25.0 Å². The summed E-state index contributed by atoms with van der Waals surface area (Å²) in [4.78, 5) is 2.36. The maximum Gasteiger partial charge on any atom is 0.151 e. The molecule has 23 heavy (non-hydrogen) atoms. The third-order valence-electron chi connectivity index (χ3n) is 5.57. The Kier molecular flexibility index (Phi) is 4.24. The highest BCUT2D eigenvalue weighted by Crippen LogP contribution is 2.42. The van der Waals surface area contributed by atoms with Crippen LogP contribution >= 0.6 is 0 Å². The minimum absolute atomic E-state index is 0.305. The van der Waals surface area contributed by atoms with E-state index in [4.69, 9.17) is 9.47 Å². The predicted molar refractivity (Wildman–Crippen MR) is 88.5 cm³/mol. The molecule has 0 radical (unpaired) electrons. The van der Waals surface area contributed by atoms with Crippen molar-refractivity contribution in [1.82, 2.24) is 10.2 Å². The van der Waals surface area contributed by atoms with E-state index in [0.717, 1.165) is 56.8 Å². The van der Waals surface area contributed by atoms with Crippen LogP contribution in [0.15, 0.2) is 12.1 Å². The van der Waals surface area contributed by atoms with Crippen LogP contribution in [0.5, 0.6) is 0 Å². The number of aryl methyl sites for hydroxylation is 1. The van der Waals surface area contributed by atoms with Gasteiger partial charge in [0.25, 0.3) is 0 Å². The van der Waals surface area contributed by atoms with Gasteiger partial charge < -0.3 is 14.4 Å². The smallest absolute Gasteiger partial charge is 0.151 e. The summed E-state index contributed by atoms with van der Waals surface area (Å²) in [5.74, 6) is 1.85. The van der Waals surface area contributed by atoms with Crippen LogP contribution in [0.3, 0.4) is 0 Å². The lowest BCUT2D eigenvalue weighted by Gasteiger charge is -2.38. The van der Waals surface area contributed by atoms with Crippen LogP contribution in [-0.2, 0) is 9.47 Å². The molecule has 4 rings (SSSR count). The summed E-state index contributed by atoms with van der Waals surface area (Å²) in [5.41, 5.74) is 1.34. The predicted octanol–water partition coefficient (Wildman–Crippen LogP) is 2.59. The summed E-state index contributed by atoms with van der Waals surface area (Å²) in [6.07, 6.45) is 6.54. The molecule has 3 aliphatic rings. The Morgan fingerprint density at radius 2 is 2.04 bits per heavy atom. The van der Waals surface area contributed by atoms with Gasteiger partial charge in [0, 0.05) is 19.7 Å². The minimum Gasteiger partial charge on any atom is -0.378 e. The average Bonchev–Trinajstić information content (AvgIpc) is 3.31. The molecule has 1 spiro atoms. The Bertz CT molecular complexity index is 522.